The number of nitrogens with zero attached hydrogens (tertiary/aromatic N) is 4. The van der Waals surface area contributed by atoms with Gasteiger partial charge in [-0.25, -0.2) is 9.37 Å². The van der Waals surface area contributed by atoms with Gasteiger partial charge in [-0.15, -0.1) is 0 Å². The topological polar surface area (TPSA) is 89.2 Å². The Kier molecular flexibility index (Phi) is 7.38. The average Bonchev–Trinajstić information content (AvgIpc) is 3.37. The number of hydrogen-bond donors (Lipinski definition) is 1. The second-order valence-electron chi connectivity index (χ2n) is 11.3. The molecule has 0 aliphatic carbocycles. The predicted octanol–water partition coefficient (Wildman–Crippen LogP) is 6.08. The molecule has 2 aromatic heterocycles. The number of rotatable bonds is 2. The SMILES string of the molecule is Cc1nc2cc3nn2c(c1CC(=O)O)N1CCC(C)(CC1)OCCCCCOc1c(F)cccc1-c1cccc-3c1. The van der Waals surface area contributed by atoms with E-state index >= 15 is 0 Å². The largest absolute Gasteiger partial charge is 0.490 e. The molecule has 8 nitrogen and oxygen atoms in total. The Labute approximate surface area is 238 Å². The van der Waals surface area contributed by atoms with Gasteiger partial charge in [0.2, 0.25) is 0 Å². The molecule has 3 aliphatic heterocycles. The molecule has 0 spiro atoms. The minimum absolute atomic E-state index is 0.137. The first-order valence-electron chi connectivity index (χ1n) is 14.3. The highest BCUT2D eigenvalue weighted by Gasteiger charge is 2.33. The van der Waals surface area contributed by atoms with Crippen molar-refractivity contribution in [3.63, 3.8) is 0 Å². The summed E-state index contributed by atoms with van der Waals surface area (Å²) in [4.78, 5) is 18.9. The third-order valence-electron chi connectivity index (χ3n) is 8.25. The van der Waals surface area contributed by atoms with Crippen LogP contribution in [0.5, 0.6) is 5.75 Å². The van der Waals surface area contributed by atoms with Crippen molar-refractivity contribution in [1.29, 1.82) is 0 Å². The van der Waals surface area contributed by atoms with Crippen LogP contribution in [-0.4, -0.2) is 57.6 Å². The van der Waals surface area contributed by atoms with Crippen LogP contribution in [0, 0.1) is 12.7 Å². The maximum Gasteiger partial charge on any atom is 0.308 e. The summed E-state index contributed by atoms with van der Waals surface area (Å²) >= 11 is 0. The number of anilines is 1. The number of piperidine rings is 1. The number of aromatic nitrogens is 3. The molecular formula is C32H35FN4O4. The average molecular weight is 559 g/mol. The van der Waals surface area contributed by atoms with Gasteiger partial charge in [0.25, 0.3) is 0 Å². The lowest BCUT2D eigenvalue weighted by atomic mass is 9.92. The summed E-state index contributed by atoms with van der Waals surface area (Å²) in [5, 5.41) is 14.7. The second kappa shape index (κ2) is 11.1. The lowest BCUT2D eigenvalue weighted by molar-refractivity contribution is -0.136. The summed E-state index contributed by atoms with van der Waals surface area (Å²) < 4.78 is 29.1. The lowest BCUT2D eigenvalue weighted by Crippen LogP contribution is -2.45. The van der Waals surface area contributed by atoms with Crippen molar-refractivity contribution in [2.75, 3.05) is 31.2 Å². The van der Waals surface area contributed by atoms with Gasteiger partial charge in [0.1, 0.15) is 5.82 Å². The van der Waals surface area contributed by atoms with E-state index in [1.807, 2.05) is 43.3 Å². The summed E-state index contributed by atoms with van der Waals surface area (Å²) in [6.07, 6.45) is 4.13. The van der Waals surface area contributed by atoms with Crippen molar-refractivity contribution in [2.24, 2.45) is 0 Å². The van der Waals surface area contributed by atoms with Crippen LogP contribution < -0.4 is 9.64 Å². The molecule has 214 valence electrons. The summed E-state index contributed by atoms with van der Waals surface area (Å²) in [7, 11) is 0. The molecule has 2 aromatic carbocycles. The van der Waals surface area contributed by atoms with Gasteiger partial charge in [-0.3, -0.25) is 4.79 Å². The molecule has 0 atom stereocenters. The highest BCUT2D eigenvalue weighted by molar-refractivity contribution is 5.78. The predicted molar refractivity (Wildman–Crippen MR) is 155 cm³/mol. The summed E-state index contributed by atoms with van der Waals surface area (Å²) in [5.74, 6) is -0.273. The van der Waals surface area contributed by atoms with Crippen LogP contribution in [-0.2, 0) is 16.0 Å². The number of fused-ring (bicyclic) bond motifs is 8. The van der Waals surface area contributed by atoms with Gasteiger partial charge in [0, 0.05) is 48.1 Å². The summed E-state index contributed by atoms with van der Waals surface area (Å²) in [5.41, 5.74) is 4.80. The van der Waals surface area contributed by atoms with E-state index in [-0.39, 0.29) is 23.6 Å². The zero-order chi connectivity index (χ0) is 28.6. The van der Waals surface area contributed by atoms with Gasteiger partial charge in [-0.2, -0.15) is 9.61 Å². The number of carboxylic acids is 1. The number of ether oxygens (including phenoxy) is 2. The fourth-order valence-electron chi connectivity index (χ4n) is 5.90. The minimum Gasteiger partial charge on any atom is -0.490 e. The standard InChI is InChI=1S/C32H35FN4O4/c1-21-25(19-29(38)39)31-36-14-12-32(2,13-15-36)41-17-5-3-4-16-40-30-24(10-7-11-26(30)33)22-8-6-9-23(18-22)27-20-28(34-21)37(31)35-27/h6-11,18,20H,3-5,12-17,19H2,1-2H3,(H,38,39). The Bertz CT molecular complexity index is 1590. The number of aryl methyl sites for hydroxylation is 1. The van der Waals surface area contributed by atoms with Crippen LogP contribution in [0.4, 0.5) is 10.2 Å². The first-order valence-corrected chi connectivity index (χ1v) is 14.3. The molecule has 1 N–H and O–H groups in total. The van der Waals surface area contributed by atoms with Crippen LogP contribution in [0.3, 0.4) is 0 Å². The molecule has 4 aromatic rings. The Hall–Kier alpha value is -3.98. The van der Waals surface area contributed by atoms with E-state index in [0.29, 0.717) is 41.4 Å². The molecule has 0 unspecified atom stereocenters. The quantitative estimate of drug-likeness (QED) is 0.319. The molecule has 1 saturated heterocycles. The van der Waals surface area contributed by atoms with Gasteiger partial charge in [0.15, 0.2) is 17.2 Å². The van der Waals surface area contributed by atoms with Crippen molar-refractivity contribution >= 4 is 17.4 Å². The van der Waals surface area contributed by atoms with E-state index in [1.54, 1.807) is 10.6 Å². The number of hydrogen-bond acceptors (Lipinski definition) is 6. The zero-order valence-corrected chi connectivity index (χ0v) is 23.5. The highest BCUT2D eigenvalue weighted by atomic mass is 19.1. The molecule has 3 aliphatic rings. The lowest BCUT2D eigenvalue weighted by Gasteiger charge is -2.41. The first-order chi connectivity index (χ1) is 19.8. The monoisotopic (exact) mass is 558 g/mol. The fourth-order valence-corrected chi connectivity index (χ4v) is 5.90. The van der Waals surface area contributed by atoms with Crippen LogP contribution >= 0.6 is 0 Å². The van der Waals surface area contributed by atoms with E-state index in [1.165, 1.54) is 6.07 Å². The van der Waals surface area contributed by atoms with E-state index in [4.69, 9.17) is 19.6 Å². The Morgan fingerprint density at radius 2 is 1.80 bits per heavy atom. The van der Waals surface area contributed by atoms with E-state index < -0.39 is 5.97 Å². The van der Waals surface area contributed by atoms with Crippen molar-refractivity contribution < 1.29 is 23.8 Å². The molecule has 0 radical (unpaired) electrons. The maximum atomic E-state index is 14.9. The van der Waals surface area contributed by atoms with E-state index in [2.05, 4.69) is 11.8 Å². The molecule has 6 bridgehead atoms. The normalized spacial score (nSPS) is 17.3. The molecule has 7 rings (SSSR count). The summed E-state index contributed by atoms with van der Waals surface area (Å²) in [6.45, 7) is 6.55. The second-order valence-corrected chi connectivity index (χ2v) is 11.3. The number of carboxylic acid groups (broad SMARTS) is 1. The molecule has 41 heavy (non-hydrogen) atoms. The smallest absolute Gasteiger partial charge is 0.308 e. The van der Waals surface area contributed by atoms with Crippen molar-refractivity contribution in [2.45, 2.75) is 58.0 Å². The number of carbonyl (C=O) groups is 1. The Balaban J connectivity index is 1.49. The third kappa shape index (κ3) is 5.51. The molecule has 1 fully saturated rings. The molecule has 0 amide bonds. The minimum atomic E-state index is -0.907. The van der Waals surface area contributed by atoms with Crippen LogP contribution in [0.25, 0.3) is 28.0 Å². The third-order valence-corrected chi connectivity index (χ3v) is 8.25. The number of halogens is 1. The number of aliphatic carboxylic acids is 1. The van der Waals surface area contributed by atoms with Gasteiger partial charge in [-0.05, 0) is 63.6 Å². The first kappa shape index (κ1) is 27.2. The van der Waals surface area contributed by atoms with Crippen LogP contribution in [0.2, 0.25) is 0 Å². The molecule has 5 heterocycles. The van der Waals surface area contributed by atoms with Gasteiger partial charge in [0.05, 0.1) is 24.3 Å². The maximum absolute atomic E-state index is 14.9. The Morgan fingerprint density at radius 1 is 1.05 bits per heavy atom. The van der Waals surface area contributed by atoms with Gasteiger partial charge in [-0.1, -0.05) is 30.3 Å². The molecular weight excluding hydrogens is 523 g/mol. The number of benzene rings is 2. The highest BCUT2D eigenvalue weighted by Crippen LogP contribution is 2.37. The number of para-hydroxylation sites is 1. The molecule has 9 heteroatoms. The van der Waals surface area contributed by atoms with Gasteiger partial charge < -0.3 is 19.5 Å². The van der Waals surface area contributed by atoms with Crippen molar-refractivity contribution in [3.05, 3.63) is 65.6 Å². The summed E-state index contributed by atoms with van der Waals surface area (Å²) in [6, 6.07) is 14.7. The van der Waals surface area contributed by atoms with Crippen LogP contribution in [0.1, 0.15) is 50.3 Å². The van der Waals surface area contributed by atoms with Crippen molar-refractivity contribution in [1.82, 2.24) is 14.6 Å². The van der Waals surface area contributed by atoms with Crippen molar-refractivity contribution in [3.8, 4) is 28.1 Å². The van der Waals surface area contributed by atoms with E-state index in [0.717, 1.165) is 62.1 Å². The molecule has 0 saturated carbocycles. The van der Waals surface area contributed by atoms with Gasteiger partial charge >= 0.3 is 5.97 Å². The Morgan fingerprint density at radius 3 is 2.61 bits per heavy atom. The van der Waals surface area contributed by atoms with E-state index in [9.17, 15) is 14.3 Å². The van der Waals surface area contributed by atoms with Crippen LogP contribution in [0.15, 0.2) is 48.5 Å². The zero-order valence-electron chi connectivity index (χ0n) is 23.5. The fraction of sp³-hybridized carbons (Fsp3) is 0.406.